The molecule has 0 aromatic carbocycles. The highest BCUT2D eigenvalue weighted by Crippen LogP contribution is 2.26. The van der Waals surface area contributed by atoms with Crippen molar-refractivity contribution >= 4 is 13.6 Å². The van der Waals surface area contributed by atoms with Crippen molar-refractivity contribution in [3.63, 3.8) is 0 Å². The average molecular weight is 269 g/mol. The standard InChI is InChI=1S/C12H24BN3O3/c1-11(2,17)12(3,4)19-13(18)16-9-14-8-7-10(16)15(5)6/h7-10,17-18H,1-6H3. The van der Waals surface area contributed by atoms with Crippen LogP contribution in [0.25, 0.3) is 0 Å². The van der Waals surface area contributed by atoms with Crippen molar-refractivity contribution in [2.45, 2.75) is 45.1 Å². The molecule has 0 saturated heterocycles. The average Bonchev–Trinajstić information content (AvgIpc) is 2.26. The van der Waals surface area contributed by atoms with Gasteiger partial charge in [0, 0.05) is 6.20 Å². The lowest BCUT2D eigenvalue weighted by molar-refractivity contribution is -0.106. The van der Waals surface area contributed by atoms with E-state index >= 15 is 0 Å². The Labute approximate surface area is 115 Å². The number of aliphatic hydroxyl groups is 1. The lowest BCUT2D eigenvalue weighted by atomic mass is 9.87. The molecule has 0 fully saturated rings. The smallest absolute Gasteiger partial charge is 0.407 e. The first-order valence-corrected chi connectivity index (χ1v) is 6.28. The zero-order chi connectivity index (χ0) is 14.8. The second kappa shape index (κ2) is 5.62. The van der Waals surface area contributed by atoms with Crippen LogP contribution in [0.3, 0.4) is 0 Å². The summed E-state index contributed by atoms with van der Waals surface area (Å²) in [5.41, 5.74) is -1.98. The van der Waals surface area contributed by atoms with Gasteiger partial charge in [0.1, 0.15) is 0 Å². The molecule has 0 aliphatic carbocycles. The largest absolute Gasteiger partial charge is 0.593 e. The van der Waals surface area contributed by atoms with E-state index < -0.39 is 18.5 Å². The van der Waals surface area contributed by atoms with Crippen molar-refractivity contribution in [2.75, 3.05) is 14.1 Å². The molecule has 0 amide bonds. The lowest BCUT2D eigenvalue weighted by Crippen LogP contribution is -2.59. The topological polar surface area (TPSA) is 68.5 Å². The monoisotopic (exact) mass is 269 g/mol. The van der Waals surface area contributed by atoms with Crippen LogP contribution in [-0.4, -0.2) is 64.9 Å². The van der Waals surface area contributed by atoms with Gasteiger partial charge in [-0.15, -0.1) is 0 Å². The Hall–Kier alpha value is -0.885. The van der Waals surface area contributed by atoms with Gasteiger partial charge in [0.25, 0.3) is 0 Å². The SMILES string of the molecule is CN(C)C1C=CN=CN1B(O)OC(C)(C)C(C)(C)O. The number of aliphatic imine (C=N–C) groups is 1. The van der Waals surface area contributed by atoms with Crippen molar-refractivity contribution in [3.8, 4) is 0 Å². The molecule has 19 heavy (non-hydrogen) atoms. The van der Waals surface area contributed by atoms with Crippen molar-refractivity contribution < 1.29 is 14.8 Å². The van der Waals surface area contributed by atoms with E-state index in [1.54, 1.807) is 38.7 Å². The molecule has 7 heteroatoms. The van der Waals surface area contributed by atoms with E-state index in [1.807, 2.05) is 25.1 Å². The third-order valence-corrected chi connectivity index (χ3v) is 3.51. The summed E-state index contributed by atoms with van der Waals surface area (Å²) in [5, 5.41) is 20.3. The number of hydrogen-bond donors (Lipinski definition) is 2. The third-order valence-electron chi connectivity index (χ3n) is 3.51. The Morgan fingerprint density at radius 1 is 1.32 bits per heavy atom. The van der Waals surface area contributed by atoms with Crippen molar-refractivity contribution in [3.05, 3.63) is 12.3 Å². The Balaban J connectivity index is 2.80. The maximum absolute atomic E-state index is 10.2. The van der Waals surface area contributed by atoms with Crippen LogP contribution in [0.4, 0.5) is 0 Å². The minimum absolute atomic E-state index is 0.148. The van der Waals surface area contributed by atoms with Gasteiger partial charge in [-0.25, -0.2) is 4.99 Å². The molecule has 2 N–H and O–H groups in total. The second-order valence-corrected chi connectivity index (χ2v) is 5.94. The van der Waals surface area contributed by atoms with Gasteiger partial charge >= 0.3 is 7.25 Å². The molecule has 1 unspecified atom stereocenters. The highest BCUT2D eigenvalue weighted by atomic mass is 16.6. The fourth-order valence-corrected chi connectivity index (χ4v) is 1.50. The summed E-state index contributed by atoms with van der Waals surface area (Å²) in [5.74, 6) is 0. The molecule has 0 aromatic rings. The van der Waals surface area contributed by atoms with Crippen LogP contribution in [-0.2, 0) is 4.65 Å². The van der Waals surface area contributed by atoms with E-state index in [9.17, 15) is 10.1 Å². The molecule has 6 nitrogen and oxygen atoms in total. The summed E-state index contributed by atoms with van der Waals surface area (Å²) in [6, 6.07) is 0. The number of likely N-dealkylation sites (N-methyl/N-ethyl adjacent to an activating group) is 1. The first kappa shape index (κ1) is 16.2. The van der Waals surface area contributed by atoms with Crippen molar-refractivity contribution in [2.24, 2.45) is 4.99 Å². The van der Waals surface area contributed by atoms with Gasteiger partial charge in [-0.05, 0) is 47.9 Å². The maximum atomic E-state index is 10.2. The van der Waals surface area contributed by atoms with Crippen LogP contribution in [0.2, 0.25) is 0 Å². The van der Waals surface area contributed by atoms with Gasteiger partial charge in [-0.1, -0.05) is 0 Å². The van der Waals surface area contributed by atoms with E-state index in [2.05, 4.69) is 4.99 Å². The molecular weight excluding hydrogens is 245 g/mol. The van der Waals surface area contributed by atoms with E-state index in [0.29, 0.717) is 0 Å². The summed E-state index contributed by atoms with van der Waals surface area (Å²) in [4.78, 5) is 7.49. The first-order valence-electron chi connectivity index (χ1n) is 6.28. The molecule has 108 valence electrons. The Bertz CT molecular complexity index is 364. The Morgan fingerprint density at radius 2 is 1.89 bits per heavy atom. The summed E-state index contributed by atoms with van der Waals surface area (Å²) in [7, 11) is 2.60. The predicted molar refractivity (Wildman–Crippen MR) is 76.4 cm³/mol. The van der Waals surface area contributed by atoms with E-state index in [1.165, 1.54) is 6.34 Å². The molecule has 1 atom stereocenters. The Kier molecular flexibility index (Phi) is 4.79. The molecule has 0 aromatic heterocycles. The summed E-state index contributed by atoms with van der Waals surface area (Å²) >= 11 is 0. The molecule has 0 radical (unpaired) electrons. The molecule has 0 saturated carbocycles. The van der Waals surface area contributed by atoms with Crippen LogP contribution < -0.4 is 0 Å². The van der Waals surface area contributed by atoms with Gasteiger partial charge in [0.05, 0.1) is 23.7 Å². The molecule has 1 aliphatic rings. The van der Waals surface area contributed by atoms with Gasteiger partial charge in [-0.2, -0.15) is 0 Å². The highest BCUT2D eigenvalue weighted by Gasteiger charge is 2.42. The van der Waals surface area contributed by atoms with Crippen molar-refractivity contribution in [1.82, 2.24) is 9.71 Å². The normalized spacial score (nSPS) is 20.3. The quantitative estimate of drug-likeness (QED) is 0.701. The molecule has 1 rings (SSSR count). The van der Waals surface area contributed by atoms with Crippen molar-refractivity contribution in [1.29, 1.82) is 0 Å². The fourth-order valence-electron chi connectivity index (χ4n) is 1.50. The zero-order valence-electron chi connectivity index (χ0n) is 12.5. The van der Waals surface area contributed by atoms with Gasteiger partial charge in [0.15, 0.2) is 0 Å². The number of hydrogen-bond acceptors (Lipinski definition) is 6. The fraction of sp³-hybridized carbons (Fsp3) is 0.750. The lowest BCUT2D eigenvalue weighted by Gasteiger charge is -2.42. The van der Waals surface area contributed by atoms with Crippen LogP contribution in [0.15, 0.2) is 17.3 Å². The second-order valence-electron chi connectivity index (χ2n) is 5.94. The first-order chi connectivity index (χ1) is 8.56. The van der Waals surface area contributed by atoms with E-state index in [0.717, 1.165) is 0 Å². The van der Waals surface area contributed by atoms with Gasteiger partial charge < -0.3 is 19.6 Å². The van der Waals surface area contributed by atoms with E-state index in [-0.39, 0.29) is 6.17 Å². The van der Waals surface area contributed by atoms with Crippen LogP contribution in [0.1, 0.15) is 27.7 Å². The summed E-state index contributed by atoms with van der Waals surface area (Å²) < 4.78 is 5.60. The number of rotatable bonds is 5. The summed E-state index contributed by atoms with van der Waals surface area (Å²) in [6.45, 7) is 6.76. The van der Waals surface area contributed by atoms with Gasteiger partial charge in [0.2, 0.25) is 0 Å². The highest BCUT2D eigenvalue weighted by molar-refractivity contribution is 6.42. The molecule has 0 spiro atoms. The van der Waals surface area contributed by atoms with Crippen LogP contribution in [0, 0.1) is 0 Å². The molecule has 0 bridgehead atoms. The van der Waals surface area contributed by atoms with Crippen LogP contribution in [0.5, 0.6) is 0 Å². The molecule has 1 heterocycles. The minimum atomic E-state index is -1.19. The predicted octanol–water partition coefficient (Wildman–Crippen LogP) is 0.275. The molecule has 1 aliphatic heterocycles. The Morgan fingerprint density at radius 3 is 2.37 bits per heavy atom. The van der Waals surface area contributed by atoms with E-state index in [4.69, 9.17) is 4.65 Å². The maximum Gasteiger partial charge on any atom is 0.593 e. The molecular formula is C12H24BN3O3. The summed E-state index contributed by atoms with van der Waals surface area (Å²) in [6.07, 6.45) is 4.90. The zero-order valence-corrected chi connectivity index (χ0v) is 12.5. The minimum Gasteiger partial charge on any atom is -0.407 e. The van der Waals surface area contributed by atoms with Crippen LogP contribution >= 0.6 is 0 Å². The third kappa shape index (κ3) is 3.79. The van der Waals surface area contributed by atoms with Gasteiger partial charge in [-0.3, -0.25) is 4.90 Å². The number of nitrogens with zero attached hydrogens (tertiary/aromatic N) is 3.